The van der Waals surface area contributed by atoms with Crippen molar-refractivity contribution in [2.24, 2.45) is 5.73 Å². The van der Waals surface area contributed by atoms with Crippen LogP contribution >= 0.6 is 0 Å². The Bertz CT molecular complexity index is 484. The van der Waals surface area contributed by atoms with Gasteiger partial charge in [-0.1, -0.05) is 5.16 Å². The summed E-state index contributed by atoms with van der Waals surface area (Å²) < 4.78 is 7.25. The minimum Gasteiger partial charge on any atom is -0.341 e. The van der Waals surface area contributed by atoms with Gasteiger partial charge in [0.15, 0.2) is 5.82 Å². The Morgan fingerprint density at radius 1 is 1.50 bits per heavy atom. The molecule has 0 amide bonds. The fraction of sp³-hybridized carbons (Fsp3) is 0.455. The van der Waals surface area contributed by atoms with E-state index in [0.717, 1.165) is 11.5 Å². The summed E-state index contributed by atoms with van der Waals surface area (Å²) in [5, 5.41) is 3.98. The van der Waals surface area contributed by atoms with Gasteiger partial charge in [-0.3, -0.25) is 0 Å². The van der Waals surface area contributed by atoms with E-state index in [1.807, 2.05) is 22.9 Å². The number of rotatable bonds is 4. The van der Waals surface area contributed by atoms with Crippen LogP contribution < -0.4 is 5.73 Å². The lowest BCUT2D eigenvalue weighted by Gasteiger charge is -2.02. The summed E-state index contributed by atoms with van der Waals surface area (Å²) in [4.78, 5) is 4.38. The van der Waals surface area contributed by atoms with Gasteiger partial charge in [-0.2, -0.15) is 4.98 Å². The zero-order valence-corrected chi connectivity index (χ0v) is 8.97. The van der Waals surface area contributed by atoms with E-state index < -0.39 is 0 Å². The van der Waals surface area contributed by atoms with Crippen LogP contribution in [-0.4, -0.2) is 14.7 Å². The molecule has 2 aromatic rings. The molecule has 1 aliphatic carbocycles. The van der Waals surface area contributed by atoms with Gasteiger partial charge in [0.1, 0.15) is 6.54 Å². The van der Waals surface area contributed by atoms with Crippen LogP contribution in [0.5, 0.6) is 0 Å². The van der Waals surface area contributed by atoms with Gasteiger partial charge in [0, 0.05) is 24.4 Å². The van der Waals surface area contributed by atoms with E-state index in [1.54, 1.807) is 0 Å². The summed E-state index contributed by atoms with van der Waals surface area (Å²) in [6.07, 6.45) is 4.36. The fourth-order valence-electron chi connectivity index (χ4n) is 1.77. The van der Waals surface area contributed by atoms with Crippen molar-refractivity contribution in [3.63, 3.8) is 0 Å². The molecule has 2 aromatic heterocycles. The Kier molecular flexibility index (Phi) is 2.25. The zero-order chi connectivity index (χ0) is 11.0. The molecular formula is C11H14N4O. The molecule has 16 heavy (non-hydrogen) atoms. The first-order valence-electron chi connectivity index (χ1n) is 5.53. The zero-order valence-electron chi connectivity index (χ0n) is 8.97. The molecule has 0 bridgehead atoms. The average Bonchev–Trinajstić information content (AvgIpc) is 2.88. The highest BCUT2D eigenvalue weighted by Crippen LogP contribution is 2.38. The first-order valence-corrected chi connectivity index (χ1v) is 5.53. The molecule has 5 heteroatoms. The van der Waals surface area contributed by atoms with E-state index in [1.165, 1.54) is 12.8 Å². The van der Waals surface area contributed by atoms with E-state index in [9.17, 15) is 0 Å². The molecule has 2 N–H and O–H groups in total. The number of aromatic nitrogens is 3. The van der Waals surface area contributed by atoms with E-state index in [2.05, 4.69) is 10.1 Å². The maximum atomic E-state index is 5.62. The molecule has 84 valence electrons. The predicted octanol–water partition coefficient (Wildman–Crippen LogP) is 1.26. The van der Waals surface area contributed by atoms with Crippen LogP contribution in [0.15, 0.2) is 22.9 Å². The quantitative estimate of drug-likeness (QED) is 0.838. The van der Waals surface area contributed by atoms with E-state index >= 15 is 0 Å². The highest BCUT2D eigenvalue weighted by atomic mass is 16.5. The summed E-state index contributed by atoms with van der Waals surface area (Å²) in [5.41, 5.74) is 6.70. The number of nitrogens with two attached hydrogens (primary N) is 1. The van der Waals surface area contributed by atoms with E-state index in [-0.39, 0.29) is 0 Å². The van der Waals surface area contributed by atoms with Crippen molar-refractivity contribution < 1.29 is 4.52 Å². The third-order valence-corrected chi connectivity index (χ3v) is 2.86. The smallest absolute Gasteiger partial charge is 0.246 e. The van der Waals surface area contributed by atoms with Gasteiger partial charge in [-0.05, 0) is 25.0 Å². The second-order valence-electron chi connectivity index (χ2n) is 4.15. The first-order chi connectivity index (χ1) is 7.86. The predicted molar refractivity (Wildman–Crippen MR) is 57.7 cm³/mol. The standard InChI is InChI=1S/C11H14N4O/c12-6-9-2-1-5-15(9)7-10-13-11(14-16-10)8-3-4-8/h1-2,5,8H,3-4,6-7,12H2. The molecule has 3 rings (SSSR count). The Labute approximate surface area is 93.3 Å². The van der Waals surface area contributed by atoms with Crippen molar-refractivity contribution in [3.05, 3.63) is 35.7 Å². The highest BCUT2D eigenvalue weighted by Gasteiger charge is 2.28. The van der Waals surface area contributed by atoms with Crippen molar-refractivity contribution in [2.45, 2.75) is 31.8 Å². The SMILES string of the molecule is NCc1cccn1Cc1nc(C2CC2)no1. The normalized spacial score (nSPS) is 15.6. The summed E-state index contributed by atoms with van der Waals surface area (Å²) in [6, 6.07) is 3.97. The van der Waals surface area contributed by atoms with Gasteiger partial charge >= 0.3 is 0 Å². The van der Waals surface area contributed by atoms with Crippen LogP contribution in [0.4, 0.5) is 0 Å². The monoisotopic (exact) mass is 218 g/mol. The third kappa shape index (κ3) is 1.74. The average molecular weight is 218 g/mol. The molecule has 1 fully saturated rings. The van der Waals surface area contributed by atoms with E-state index in [0.29, 0.717) is 24.9 Å². The Balaban J connectivity index is 1.77. The molecule has 5 nitrogen and oxygen atoms in total. The summed E-state index contributed by atoms with van der Waals surface area (Å²) in [5.74, 6) is 2.06. The third-order valence-electron chi connectivity index (χ3n) is 2.86. The lowest BCUT2D eigenvalue weighted by molar-refractivity contribution is 0.365. The Morgan fingerprint density at radius 2 is 2.38 bits per heavy atom. The molecule has 0 radical (unpaired) electrons. The molecule has 0 unspecified atom stereocenters. The van der Waals surface area contributed by atoms with Crippen molar-refractivity contribution in [1.82, 2.24) is 14.7 Å². The summed E-state index contributed by atoms with van der Waals surface area (Å²) in [6.45, 7) is 1.13. The first kappa shape index (κ1) is 9.59. The van der Waals surface area contributed by atoms with Crippen LogP contribution in [0.25, 0.3) is 0 Å². The number of nitrogens with zero attached hydrogens (tertiary/aromatic N) is 3. The number of hydrogen-bond acceptors (Lipinski definition) is 4. The van der Waals surface area contributed by atoms with Crippen LogP contribution in [0.3, 0.4) is 0 Å². The molecule has 0 aromatic carbocycles. The molecule has 0 saturated heterocycles. The number of hydrogen-bond donors (Lipinski definition) is 1. The van der Waals surface area contributed by atoms with Crippen molar-refractivity contribution in [2.75, 3.05) is 0 Å². The molecule has 2 heterocycles. The highest BCUT2D eigenvalue weighted by molar-refractivity contribution is 5.09. The maximum Gasteiger partial charge on any atom is 0.246 e. The van der Waals surface area contributed by atoms with Crippen LogP contribution in [0, 0.1) is 0 Å². The second-order valence-corrected chi connectivity index (χ2v) is 4.15. The van der Waals surface area contributed by atoms with Crippen molar-refractivity contribution >= 4 is 0 Å². The molecule has 0 atom stereocenters. The van der Waals surface area contributed by atoms with Gasteiger partial charge in [0.2, 0.25) is 5.89 Å². The lowest BCUT2D eigenvalue weighted by atomic mass is 10.4. The topological polar surface area (TPSA) is 69.9 Å². The minimum absolute atomic E-state index is 0.524. The Morgan fingerprint density at radius 3 is 3.12 bits per heavy atom. The Hall–Kier alpha value is -1.62. The van der Waals surface area contributed by atoms with Gasteiger partial charge in [0.05, 0.1) is 0 Å². The van der Waals surface area contributed by atoms with Gasteiger partial charge < -0.3 is 14.8 Å². The lowest BCUT2D eigenvalue weighted by Crippen LogP contribution is -2.07. The maximum absolute atomic E-state index is 5.62. The van der Waals surface area contributed by atoms with Gasteiger partial charge in [-0.25, -0.2) is 0 Å². The fourth-order valence-corrected chi connectivity index (χ4v) is 1.77. The van der Waals surface area contributed by atoms with E-state index in [4.69, 9.17) is 10.3 Å². The minimum atomic E-state index is 0.524. The molecule has 1 aliphatic rings. The van der Waals surface area contributed by atoms with Gasteiger partial charge in [-0.15, -0.1) is 0 Å². The molecule has 0 spiro atoms. The summed E-state index contributed by atoms with van der Waals surface area (Å²) in [7, 11) is 0. The largest absolute Gasteiger partial charge is 0.341 e. The summed E-state index contributed by atoms with van der Waals surface area (Å²) >= 11 is 0. The van der Waals surface area contributed by atoms with Crippen LogP contribution in [0.2, 0.25) is 0 Å². The van der Waals surface area contributed by atoms with Crippen molar-refractivity contribution in [3.8, 4) is 0 Å². The molecule has 1 saturated carbocycles. The van der Waals surface area contributed by atoms with Crippen LogP contribution in [0.1, 0.15) is 36.2 Å². The van der Waals surface area contributed by atoms with Crippen molar-refractivity contribution in [1.29, 1.82) is 0 Å². The molecular weight excluding hydrogens is 204 g/mol. The van der Waals surface area contributed by atoms with Gasteiger partial charge in [0.25, 0.3) is 0 Å². The second kappa shape index (κ2) is 3.75. The van der Waals surface area contributed by atoms with Crippen LogP contribution in [-0.2, 0) is 13.1 Å². The molecule has 0 aliphatic heterocycles.